The van der Waals surface area contributed by atoms with Crippen molar-refractivity contribution in [2.75, 3.05) is 27.3 Å². The van der Waals surface area contributed by atoms with Crippen LogP contribution in [-0.2, 0) is 16.0 Å². The van der Waals surface area contributed by atoms with Gasteiger partial charge in [-0.15, -0.1) is 0 Å². The van der Waals surface area contributed by atoms with Gasteiger partial charge in [0.15, 0.2) is 11.5 Å². The van der Waals surface area contributed by atoms with Crippen LogP contribution in [-0.4, -0.2) is 49.2 Å². The molecule has 6 heteroatoms. The summed E-state index contributed by atoms with van der Waals surface area (Å²) in [6.45, 7) is 3.67. The Bertz CT molecular complexity index is 529. The molecule has 1 atom stereocenters. The van der Waals surface area contributed by atoms with Gasteiger partial charge >= 0.3 is 5.97 Å². The van der Waals surface area contributed by atoms with Crippen molar-refractivity contribution < 1.29 is 24.2 Å². The molecule has 1 N–H and O–H groups in total. The van der Waals surface area contributed by atoms with Gasteiger partial charge in [0.05, 0.1) is 14.2 Å². The number of carbonyl (C=O) groups excluding carboxylic acids is 1. The molecule has 0 fully saturated rings. The van der Waals surface area contributed by atoms with Gasteiger partial charge in [0.2, 0.25) is 5.91 Å². The van der Waals surface area contributed by atoms with E-state index in [9.17, 15) is 9.59 Å². The van der Waals surface area contributed by atoms with E-state index in [0.29, 0.717) is 24.5 Å². The summed E-state index contributed by atoms with van der Waals surface area (Å²) < 4.78 is 10.4. The first-order valence-electron chi connectivity index (χ1n) is 7.14. The highest BCUT2D eigenvalue weighted by molar-refractivity contribution is 5.83. The average Bonchev–Trinajstić information content (AvgIpc) is 2.51. The zero-order chi connectivity index (χ0) is 16.7. The highest BCUT2D eigenvalue weighted by Gasteiger charge is 2.21. The number of rotatable bonds is 8. The Morgan fingerprint density at radius 2 is 1.86 bits per heavy atom. The molecule has 0 saturated carbocycles. The number of nitrogens with zero attached hydrogens (tertiary/aromatic N) is 1. The average molecular weight is 309 g/mol. The number of hydrogen-bond donors (Lipinski definition) is 1. The molecule has 22 heavy (non-hydrogen) atoms. The summed E-state index contributed by atoms with van der Waals surface area (Å²) in [6, 6.07) is 5.49. The molecule has 0 radical (unpaired) electrons. The lowest BCUT2D eigenvalue weighted by atomic mass is 9.99. The molecule has 0 heterocycles. The van der Waals surface area contributed by atoms with E-state index >= 15 is 0 Å². The number of carbonyl (C=O) groups is 2. The summed E-state index contributed by atoms with van der Waals surface area (Å²) in [5, 5.41) is 8.84. The van der Waals surface area contributed by atoms with Crippen molar-refractivity contribution in [3.05, 3.63) is 23.8 Å². The lowest BCUT2D eigenvalue weighted by Gasteiger charge is -2.23. The predicted octanol–water partition coefficient (Wildman–Crippen LogP) is 1.82. The van der Waals surface area contributed by atoms with E-state index in [2.05, 4.69) is 0 Å². The van der Waals surface area contributed by atoms with Gasteiger partial charge in [0, 0.05) is 12.5 Å². The van der Waals surface area contributed by atoms with E-state index in [4.69, 9.17) is 14.6 Å². The Morgan fingerprint density at radius 1 is 1.23 bits per heavy atom. The lowest BCUT2D eigenvalue weighted by Crippen LogP contribution is -2.39. The Morgan fingerprint density at radius 3 is 2.36 bits per heavy atom. The van der Waals surface area contributed by atoms with E-state index in [1.54, 1.807) is 34.1 Å². The highest BCUT2D eigenvalue weighted by Crippen LogP contribution is 2.28. The maximum atomic E-state index is 12.3. The van der Waals surface area contributed by atoms with Crippen LogP contribution in [0.3, 0.4) is 0 Å². The summed E-state index contributed by atoms with van der Waals surface area (Å²) in [6.07, 6.45) is 0.509. The van der Waals surface area contributed by atoms with E-state index in [0.717, 1.165) is 5.56 Å². The summed E-state index contributed by atoms with van der Waals surface area (Å²) in [5.41, 5.74) is 0.935. The van der Waals surface area contributed by atoms with Crippen molar-refractivity contribution in [2.24, 2.45) is 5.92 Å². The quantitative estimate of drug-likeness (QED) is 0.792. The van der Waals surface area contributed by atoms with Crippen molar-refractivity contribution in [2.45, 2.75) is 20.3 Å². The SMILES string of the molecule is CCN(CC(=O)O)C(=O)C(C)Cc1ccc(OC)c(OC)c1. The van der Waals surface area contributed by atoms with Gasteiger partial charge in [0.1, 0.15) is 6.54 Å². The number of hydrogen-bond acceptors (Lipinski definition) is 4. The van der Waals surface area contributed by atoms with Crippen LogP contribution >= 0.6 is 0 Å². The van der Waals surface area contributed by atoms with Crippen LogP contribution < -0.4 is 9.47 Å². The number of carboxylic acids is 1. The minimum atomic E-state index is -1.01. The molecule has 1 unspecified atom stereocenters. The fraction of sp³-hybridized carbons (Fsp3) is 0.500. The van der Waals surface area contributed by atoms with Gasteiger partial charge < -0.3 is 19.5 Å². The molecule has 1 aromatic carbocycles. The molecule has 0 aliphatic rings. The molecule has 1 rings (SSSR count). The molecular weight excluding hydrogens is 286 g/mol. The van der Waals surface area contributed by atoms with Crippen LogP contribution in [0.15, 0.2) is 18.2 Å². The van der Waals surface area contributed by atoms with Crippen molar-refractivity contribution in [1.82, 2.24) is 4.90 Å². The zero-order valence-corrected chi connectivity index (χ0v) is 13.5. The van der Waals surface area contributed by atoms with Crippen molar-refractivity contribution in [3.63, 3.8) is 0 Å². The highest BCUT2D eigenvalue weighted by atomic mass is 16.5. The summed E-state index contributed by atoms with van der Waals surface area (Å²) in [7, 11) is 3.12. The monoisotopic (exact) mass is 309 g/mol. The number of methoxy groups -OCH3 is 2. The Kier molecular flexibility index (Phi) is 6.69. The molecule has 0 spiro atoms. The van der Waals surface area contributed by atoms with Crippen LogP contribution in [0.2, 0.25) is 0 Å². The summed E-state index contributed by atoms with van der Waals surface area (Å²) in [5.74, 6) is -0.241. The third-order valence-electron chi connectivity index (χ3n) is 3.43. The second kappa shape index (κ2) is 8.26. The largest absolute Gasteiger partial charge is 0.493 e. The van der Waals surface area contributed by atoms with Crippen LogP contribution in [0.1, 0.15) is 19.4 Å². The number of aliphatic carboxylic acids is 1. The van der Waals surface area contributed by atoms with Crippen molar-refractivity contribution in [3.8, 4) is 11.5 Å². The minimum Gasteiger partial charge on any atom is -0.493 e. The van der Waals surface area contributed by atoms with E-state index in [1.807, 2.05) is 12.1 Å². The molecule has 1 amide bonds. The molecule has 0 bridgehead atoms. The van der Waals surface area contributed by atoms with E-state index in [-0.39, 0.29) is 18.4 Å². The van der Waals surface area contributed by atoms with Crippen LogP contribution in [0.5, 0.6) is 11.5 Å². The third kappa shape index (κ3) is 4.65. The summed E-state index contributed by atoms with van der Waals surface area (Å²) >= 11 is 0. The first-order chi connectivity index (χ1) is 10.4. The summed E-state index contributed by atoms with van der Waals surface area (Å²) in [4.78, 5) is 24.4. The molecule has 0 aromatic heterocycles. The maximum absolute atomic E-state index is 12.3. The number of carboxylic acid groups (broad SMARTS) is 1. The Balaban J connectivity index is 2.80. The standard InChI is InChI=1S/C16H23NO5/c1-5-17(10-15(18)19)16(20)11(2)8-12-6-7-13(21-3)14(9-12)22-4/h6-7,9,11H,5,8,10H2,1-4H3,(H,18,19). The second-order valence-electron chi connectivity index (χ2n) is 5.04. The maximum Gasteiger partial charge on any atom is 0.323 e. The molecule has 0 aliphatic carbocycles. The first-order valence-corrected chi connectivity index (χ1v) is 7.14. The molecular formula is C16H23NO5. The Labute approximate surface area is 130 Å². The van der Waals surface area contributed by atoms with Gasteiger partial charge in [-0.05, 0) is 31.0 Å². The van der Waals surface area contributed by atoms with Gasteiger partial charge in [0.25, 0.3) is 0 Å². The van der Waals surface area contributed by atoms with E-state index < -0.39 is 5.97 Å². The van der Waals surface area contributed by atoms with Gasteiger partial charge in [-0.3, -0.25) is 9.59 Å². The number of ether oxygens (including phenoxy) is 2. The third-order valence-corrected chi connectivity index (χ3v) is 3.43. The van der Waals surface area contributed by atoms with Crippen LogP contribution in [0, 0.1) is 5.92 Å². The lowest BCUT2D eigenvalue weighted by molar-refractivity contribution is -0.145. The zero-order valence-electron chi connectivity index (χ0n) is 13.5. The second-order valence-corrected chi connectivity index (χ2v) is 5.04. The number of likely N-dealkylation sites (N-methyl/N-ethyl adjacent to an activating group) is 1. The molecule has 0 aliphatic heterocycles. The smallest absolute Gasteiger partial charge is 0.323 e. The molecule has 1 aromatic rings. The van der Waals surface area contributed by atoms with Crippen LogP contribution in [0.25, 0.3) is 0 Å². The fourth-order valence-corrected chi connectivity index (χ4v) is 2.27. The molecule has 122 valence electrons. The van der Waals surface area contributed by atoms with Gasteiger partial charge in [-0.2, -0.15) is 0 Å². The van der Waals surface area contributed by atoms with Crippen molar-refractivity contribution in [1.29, 1.82) is 0 Å². The van der Waals surface area contributed by atoms with Crippen LogP contribution in [0.4, 0.5) is 0 Å². The van der Waals surface area contributed by atoms with Gasteiger partial charge in [-0.25, -0.2) is 0 Å². The first kappa shape index (κ1) is 17.8. The molecule has 6 nitrogen and oxygen atoms in total. The normalized spacial score (nSPS) is 11.6. The fourth-order valence-electron chi connectivity index (χ4n) is 2.27. The van der Waals surface area contributed by atoms with E-state index in [1.165, 1.54) is 4.90 Å². The topological polar surface area (TPSA) is 76.1 Å². The number of benzene rings is 1. The predicted molar refractivity (Wildman–Crippen MR) is 82.3 cm³/mol. The minimum absolute atomic E-state index is 0.167. The van der Waals surface area contributed by atoms with Crippen molar-refractivity contribution >= 4 is 11.9 Å². The number of amides is 1. The Hall–Kier alpha value is -2.24. The molecule has 0 saturated heterocycles. The van der Waals surface area contributed by atoms with Gasteiger partial charge in [-0.1, -0.05) is 13.0 Å².